The first kappa shape index (κ1) is 12.0. The first-order valence-electron chi connectivity index (χ1n) is 4.80. The van der Waals surface area contributed by atoms with E-state index in [0.29, 0.717) is 11.4 Å². The highest BCUT2D eigenvalue weighted by Gasteiger charge is 2.12. The van der Waals surface area contributed by atoms with Gasteiger partial charge in [0.1, 0.15) is 12.6 Å². The number of halogens is 1. The van der Waals surface area contributed by atoms with Crippen LogP contribution in [0.1, 0.15) is 18.9 Å². The van der Waals surface area contributed by atoms with Gasteiger partial charge in [0.2, 0.25) is 0 Å². The van der Waals surface area contributed by atoms with E-state index in [1.54, 1.807) is 12.1 Å². The van der Waals surface area contributed by atoms with Crippen LogP contribution in [0.15, 0.2) is 24.3 Å². The van der Waals surface area contributed by atoms with Crippen LogP contribution in [0.3, 0.4) is 0 Å². The number of benzene rings is 1. The molecular formula is C11H14ClNO2. The van der Waals surface area contributed by atoms with Crippen molar-refractivity contribution < 1.29 is 9.53 Å². The van der Waals surface area contributed by atoms with Gasteiger partial charge in [0.15, 0.2) is 0 Å². The molecule has 2 N–H and O–H groups in total. The zero-order valence-electron chi connectivity index (χ0n) is 8.57. The van der Waals surface area contributed by atoms with Crippen molar-refractivity contribution in [1.82, 2.24) is 0 Å². The van der Waals surface area contributed by atoms with E-state index >= 15 is 0 Å². The minimum absolute atomic E-state index is 0.215. The van der Waals surface area contributed by atoms with E-state index in [9.17, 15) is 4.79 Å². The van der Waals surface area contributed by atoms with Gasteiger partial charge >= 0.3 is 5.97 Å². The highest BCUT2D eigenvalue weighted by atomic mass is 35.5. The molecule has 1 aromatic carbocycles. The molecule has 0 spiro atoms. The Kier molecular flexibility index (Phi) is 4.59. The maximum atomic E-state index is 11.3. The molecule has 0 aliphatic rings. The van der Waals surface area contributed by atoms with E-state index in [1.165, 1.54) is 0 Å². The largest absolute Gasteiger partial charge is 0.460 e. The van der Waals surface area contributed by atoms with Crippen LogP contribution in [0, 0.1) is 0 Å². The molecule has 1 aromatic rings. The molecule has 0 bridgehead atoms. The fourth-order valence-electron chi connectivity index (χ4n) is 1.05. The molecule has 0 radical (unpaired) electrons. The number of hydrogen-bond acceptors (Lipinski definition) is 3. The lowest BCUT2D eigenvalue weighted by Crippen LogP contribution is -2.31. The molecule has 0 saturated carbocycles. The van der Waals surface area contributed by atoms with Crippen LogP contribution in [0.2, 0.25) is 5.02 Å². The van der Waals surface area contributed by atoms with Gasteiger partial charge in [-0.05, 0) is 24.1 Å². The molecule has 0 aliphatic carbocycles. The Morgan fingerprint density at radius 2 is 2.33 bits per heavy atom. The van der Waals surface area contributed by atoms with Crippen molar-refractivity contribution in [1.29, 1.82) is 0 Å². The fourth-order valence-corrected chi connectivity index (χ4v) is 1.27. The molecule has 82 valence electrons. The van der Waals surface area contributed by atoms with E-state index in [-0.39, 0.29) is 12.6 Å². The predicted octanol–water partition coefficient (Wildman–Crippen LogP) is 2.12. The quantitative estimate of drug-likeness (QED) is 0.802. The summed E-state index contributed by atoms with van der Waals surface area (Å²) >= 11 is 5.78. The Hall–Kier alpha value is -1.06. The Morgan fingerprint density at radius 1 is 1.60 bits per heavy atom. The molecule has 3 nitrogen and oxygen atoms in total. The minimum atomic E-state index is -0.538. The lowest BCUT2D eigenvalue weighted by Gasteiger charge is -2.09. The summed E-state index contributed by atoms with van der Waals surface area (Å²) in [6, 6.07) is 6.64. The van der Waals surface area contributed by atoms with Crippen molar-refractivity contribution in [3.05, 3.63) is 34.9 Å². The number of nitrogens with two attached hydrogens (primary N) is 1. The van der Waals surface area contributed by atoms with E-state index in [1.807, 2.05) is 19.1 Å². The lowest BCUT2D eigenvalue weighted by molar-refractivity contribution is -0.146. The topological polar surface area (TPSA) is 52.3 Å². The number of esters is 1. The number of hydrogen-bond donors (Lipinski definition) is 1. The number of ether oxygens (including phenoxy) is 1. The molecule has 0 saturated heterocycles. The molecular weight excluding hydrogens is 214 g/mol. The average molecular weight is 228 g/mol. The van der Waals surface area contributed by atoms with Crippen LogP contribution >= 0.6 is 11.6 Å². The van der Waals surface area contributed by atoms with Crippen molar-refractivity contribution in [2.24, 2.45) is 5.73 Å². The average Bonchev–Trinajstić information content (AvgIpc) is 2.25. The summed E-state index contributed by atoms with van der Waals surface area (Å²) in [4.78, 5) is 11.3. The van der Waals surface area contributed by atoms with Crippen molar-refractivity contribution in [3.8, 4) is 0 Å². The molecule has 0 aromatic heterocycles. The second-order valence-corrected chi connectivity index (χ2v) is 3.69. The standard InChI is InChI=1S/C11H14ClNO2/c1-2-10(13)11(14)15-7-8-4-3-5-9(12)6-8/h3-6,10H,2,7,13H2,1H3/t10-/m1/s1. The van der Waals surface area contributed by atoms with E-state index in [2.05, 4.69) is 0 Å². The molecule has 1 atom stereocenters. The maximum absolute atomic E-state index is 11.3. The third kappa shape index (κ3) is 3.90. The molecule has 0 heterocycles. The molecule has 0 aliphatic heterocycles. The van der Waals surface area contributed by atoms with Crippen molar-refractivity contribution in [2.45, 2.75) is 26.0 Å². The zero-order valence-corrected chi connectivity index (χ0v) is 9.33. The summed E-state index contributed by atoms with van der Waals surface area (Å²) < 4.78 is 5.01. The second kappa shape index (κ2) is 5.73. The Labute approximate surface area is 94.2 Å². The van der Waals surface area contributed by atoms with Gasteiger partial charge in [-0.2, -0.15) is 0 Å². The molecule has 4 heteroatoms. The highest BCUT2D eigenvalue weighted by molar-refractivity contribution is 6.30. The van der Waals surface area contributed by atoms with Crippen molar-refractivity contribution in [3.63, 3.8) is 0 Å². The summed E-state index contributed by atoms with van der Waals surface area (Å²) in [5.74, 6) is -0.377. The molecule has 15 heavy (non-hydrogen) atoms. The lowest BCUT2D eigenvalue weighted by atomic mass is 10.2. The van der Waals surface area contributed by atoms with Crippen molar-refractivity contribution in [2.75, 3.05) is 0 Å². The van der Waals surface area contributed by atoms with Gasteiger partial charge in [-0.3, -0.25) is 4.79 Å². The van der Waals surface area contributed by atoms with E-state index in [0.717, 1.165) is 5.56 Å². The maximum Gasteiger partial charge on any atom is 0.323 e. The predicted molar refractivity (Wildman–Crippen MR) is 59.5 cm³/mol. The summed E-state index contributed by atoms with van der Waals surface area (Å²) in [5.41, 5.74) is 6.37. The Bertz CT molecular complexity index is 341. The van der Waals surface area contributed by atoms with Gasteiger partial charge in [0.05, 0.1) is 0 Å². The van der Waals surface area contributed by atoms with Crippen LogP contribution in [-0.4, -0.2) is 12.0 Å². The SMILES string of the molecule is CC[C@@H](N)C(=O)OCc1cccc(Cl)c1. The molecule has 0 fully saturated rings. The minimum Gasteiger partial charge on any atom is -0.460 e. The number of carbonyl (C=O) groups is 1. The van der Waals surface area contributed by atoms with Gasteiger partial charge in [0.25, 0.3) is 0 Å². The fraction of sp³-hybridized carbons (Fsp3) is 0.364. The highest BCUT2D eigenvalue weighted by Crippen LogP contribution is 2.11. The van der Waals surface area contributed by atoms with E-state index in [4.69, 9.17) is 22.1 Å². The van der Waals surface area contributed by atoms with Gasteiger partial charge in [0, 0.05) is 5.02 Å². The summed E-state index contributed by atoms with van der Waals surface area (Å²) in [5, 5.41) is 0.628. The molecule has 0 unspecified atom stereocenters. The Morgan fingerprint density at radius 3 is 2.93 bits per heavy atom. The van der Waals surface area contributed by atoms with Crippen LogP contribution in [0.25, 0.3) is 0 Å². The zero-order chi connectivity index (χ0) is 11.3. The Balaban J connectivity index is 2.47. The van der Waals surface area contributed by atoms with Gasteiger partial charge in [-0.15, -0.1) is 0 Å². The van der Waals surface area contributed by atoms with Crippen LogP contribution in [0.5, 0.6) is 0 Å². The van der Waals surface area contributed by atoms with E-state index < -0.39 is 6.04 Å². The smallest absolute Gasteiger partial charge is 0.323 e. The monoisotopic (exact) mass is 227 g/mol. The summed E-state index contributed by atoms with van der Waals surface area (Å²) in [7, 11) is 0. The van der Waals surface area contributed by atoms with Crippen LogP contribution in [-0.2, 0) is 16.1 Å². The normalized spacial score (nSPS) is 12.2. The first-order chi connectivity index (χ1) is 7.13. The summed E-state index contributed by atoms with van der Waals surface area (Å²) in [6.45, 7) is 2.05. The van der Waals surface area contributed by atoms with Gasteiger partial charge < -0.3 is 10.5 Å². The van der Waals surface area contributed by atoms with Crippen molar-refractivity contribution >= 4 is 17.6 Å². The van der Waals surface area contributed by atoms with Gasteiger partial charge in [-0.25, -0.2) is 0 Å². The second-order valence-electron chi connectivity index (χ2n) is 3.25. The number of rotatable bonds is 4. The van der Waals surface area contributed by atoms with Crippen LogP contribution in [0.4, 0.5) is 0 Å². The molecule has 1 rings (SSSR count). The number of carbonyl (C=O) groups excluding carboxylic acids is 1. The van der Waals surface area contributed by atoms with Gasteiger partial charge in [-0.1, -0.05) is 30.7 Å². The molecule has 0 amide bonds. The third-order valence-electron chi connectivity index (χ3n) is 2.01. The van der Waals surface area contributed by atoms with Crippen LogP contribution < -0.4 is 5.73 Å². The first-order valence-corrected chi connectivity index (χ1v) is 5.18. The summed E-state index contributed by atoms with van der Waals surface area (Å²) in [6.07, 6.45) is 0.578. The third-order valence-corrected chi connectivity index (χ3v) is 2.25.